The van der Waals surface area contributed by atoms with Gasteiger partial charge in [-0.3, -0.25) is 19.3 Å². The molecule has 0 aromatic heterocycles. The van der Waals surface area contributed by atoms with Gasteiger partial charge in [-0.1, -0.05) is 25.0 Å². The molecule has 172 valence electrons. The summed E-state index contributed by atoms with van der Waals surface area (Å²) in [6.07, 6.45) is 9.64. The van der Waals surface area contributed by atoms with Crippen molar-refractivity contribution in [3.05, 3.63) is 35.9 Å². The lowest BCUT2D eigenvalue weighted by molar-refractivity contribution is -0.133. The average Bonchev–Trinajstić information content (AvgIpc) is 3.06. The lowest BCUT2D eigenvalue weighted by Crippen LogP contribution is -2.51. The molecule has 0 atom stereocenters. The zero-order valence-corrected chi connectivity index (χ0v) is 18.9. The molecule has 3 fully saturated rings. The van der Waals surface area contributed by atoms with E-state index < -0.39 is 0 Å². The first-order valence-corrected chi connectivity index (χ1v) is 12.0. The summed E-state index contributed by atoms with van der Waals surface area (Å²) in [6, 6.07) is 7.76. The molecule has 1 aromatic rings. The fourth-order valence-corrected chi connectivity index (χ4v) is 4.70. The third-order valence-corrected chi connectivity index (χ3v) is 6.70. The molecule has 3 aliphatic rings. The van der Waals surface area contributed by atoms with Crippen LogP contribution in [0.4, 0.5) is 5.69 Å². The lowest BCUT2D eigenvalue weighted by atomic mass is 10.1. The van der Waals surface area contributed by atoms with Crippen molar-refractivity contribution >= 4 is 29.5 Å². The molecule has 0 radical (unpaired) electrons. The summed E-state index contributed by atoms with van der Waals surface area (Å²) in [5.74, 6) is 0.406. The van der Waals surface area contributed by atoms with Crippen LogP contribution in [-0.4, -0.2) is 84.8 Å². The van der Waals surface area contributed by atoms with Gasteiger partial charge in [0.2, 0.25) is 17.7 Å². The summed E-state index contributed by atoms with van der Waals surface area (Å²) >= 11 is 0. The average molecular weight is 439 g/mol. The van der Waals surface area contributed by atoms with Gasteiger partial charge in [0.15, 0.2) is 0 Å². The van der Waals surface area contributed by atoms with Gasteiger partial charge in [0.1, 0.15) is 0 Å². The van der Waals surface area contributed by atoms with Crippen molar-refractivity contribution in [3.8, 4) is 0 Å². The Morgan fingerprint density at radius 2 is 1.47 bits per heavy atom. The summed E-state index contributed by atoms with van der Waals surface area (Å²) in [7, 11) is 0. The van der Waals surface area contributed by atoms with Crippen LogP contribution in [0.1, 0.15) is 44.1 Å². The van der Waals surface area contributed by atoms with Gasteiger partial charge in [-0.05, 0) is 43.0 Å². The second kappa shape index (κ2) is 10.8. The number of benzene rings is 1. The van der Waals surface area contributed by atoms with E-state index in [2.05, 4.69) is 4.90 Å². The van der Waals surface area contributed by atoms with E-state index in [9.17, 15) is 14.4 Å². The summed E-state index contributed by atoms with van der Waals surface area (Å²) in [5.41, 5.74) is 1.86. The molecule has 3 heterocycles. The monoisotopic (exact) mass is 438 g/mol. The molecule has 1 aromatic carbocycles. The standard InChI is InChI=1S/C25H34N4O3/c30-23(12-9-21-7-10-22(11-8-21)29-15-5-6-24(29)31)28-18-16-26(17-19-28)20-25(32)27-13-3-1-2-4-14-27/h7-12H,1-6,13-20H2/b12-9+. The molecule has 0 N–H and O–H groups in total. The van der Waals surface area contributed by atoms with Crippen LogP contribution in [0.5, 0.6) is 0 Å². The van der Waals surface area contributed by atoms with Crippen molar-refractivity contribution in [2.24, 2.45) is 0 Å². The van der Waals surface area contributed by atoms with E-state index in [1.54, 1.807) is 6.08 Å². The molecule has 0 saturated carbocycles. The van der Waals surface area contributed by atoms with Crippen LogP contribution < -0.4 is 4.90 Å². The van der Waals surface area contributed by atoms with Crippen molar-refractivity contribution < 1.29 is 14.4 Å². The van der Waals surface area contributed by atoms with Crippen LogP contribution in [0.3, 0.4) is 0 Å². The molecule has 4 rings (SSSR count). The number of hydrogen-bond donors (Lipinski definition) is 0. The Morgan fingerprint density at radius 1 is 0.781 bits per heavy atom. The van der Waals surface area contributed by atoms with Crippen molar-refractivity contribution in [1.29, 1.82) is 0 Å². The Balaban J connectivity index is 1.22. The molecule has 0 unspecified atom stereocenters. The van der Waals surface area contributed by atoms with Gasteiger partial charge in [0.25, 0.3) is 0 Å². The van der Waals surface area contributed by atoms with Gasteiger partial charge in [0, 0.05) is 64.0 Å². The second-order valence-corrected chi connectivity index (χ2v) is 8.97. The third-order valence-electron chi connectivity index (χ3n) is 6.70. The molecule has 3 amide bonds. The SMILES string of the molecule is O=C(/C=C/c1ccc(N2CCCC2=O)cc1)N1CCN(CC(=O)N2CCCCCC2)CC1. The third kappa shape index (κ3) is 5.76. The first-order chi connectivity index (χ1) is 15.6. The van der Waals surface area contributed by atoms with Gasteiger partial charge in [-0.2, -0.15) is 0 Å². The molecule has 0 aliphatic carbocycles. The number of anilines is 1. The maximum atomic E-state index is 12.6. The van der Waals surface area contributed by atoms with Gasteiger partial charge >= 0.3 is 0 Å². The maximum Gasteiger partial charge on any atom is 0.246 e. The maximum absolute atomic E-state index is 12.6. The smallest absolute Gasteiger partial charge is 0.246 e. The Labute approximate surface area is 190 Å². The highest BCUT2D eigenvalue weighted by atomic mass is 16.2. The highest BCUT2D eigenvalue weighted by molar-refractivity contribution is 5.95. The fraction of sp³-hybridized carbons (Fsp3) is 0.560. The number of carbonyl (C=O) groups is 3. The first kappa shape index (κ1) is 22.5. The van der Waals surface area contributed by atoms with Crippen LogP contribution >= 0.6 is 0 Å². The van der Waals surface area contributed by atoms with Crippen molar-refractivity contribution in [2.45, 2.75) is 38.5 Å². The number of nitrogens with zero attached hydrogens (tertiary/aromatic N) is 4. The number of hydrogen-bond acceptors (Lipinski definition) is 4. The molecule has 7 heteroatoms. The lowest BCUT2D eigenvalue weighted by Gasteiger charge is -2.34. The first-order valence-electron chi connectivity index (χ1n) is 12.0. The Bertz CT molecular complexity index is 835. The molecule has 0 spiro atoms. The van der Waals surface area contributed by atoms with E-state index in [1.165, 1.54) is 12.8 Å². The number of likely N-dealkylation sites (tertiary alicyclic amines) is 1. The summed E-state index contributed by atoms with van der Waals surface area (Å²) in [4.78, 5) is 44.9. The van der Waals surface area contributed by atoms with E-state index in [-0.39, 0.29) is 17.7 Å². The molecule has 32 heavy (non-hydrogen) atoms. The van der Waals surface area contributed by atoms with Crippen LogP contribution in [0.2, 0.25) is 0 Å². The van der Waals surface area contributed by atoms with Crippen LogP contribution in [0.25, 0.3) is 6.08 Å². The summed E-state index contributed by atoms with van der Waals surface area (Å²) in [6.45, 7) is 5.77. The predicted octanol–water partition coefficient (Wildman–Crippen LogP) is 2.37. The second-order valence-electron chi connectivity index (χ2n) is 8.97. The van der Waals surface area contributed by atoms with Crippen molar-refractivity contribution in [2.75, 3.05) is 57.3 Å². The zero-order valence-electron chi connectivity index (χ0n) is 18.9. The fourth-order valence-electron chi connectivity index (χ4n) is 4.70. The molecule has 0 bridgehead atoms. The molecular weight excluding hydrogens is 404 g/mol. The van der Waals surface area contributed by atoms with Crippen molar-refractivity contribution in [1.82, 2.24) is 14.7 Å². The Kier molecular flexibility index (Phi) is 7.58. The van der Waals surface area contributed by atoms with E-state index >= 15 is 0 Å². The minimum absolute atomic E-state index is 0.00212. The van der Waals surface area contributed by atoms with E-state index in [1.807, 2.05) is 45.0 Å². The van der Waals surface area contributed by atoms with Gasteiger partial charge < -0.3 is 14.7 Å². The topological polar surface area (TPSA) is 64.2 Å². The molecular formula is C25H34N4O3. The normalized spacial score (nSPS) is 20.8. The minimum Gasteiger partial charge on any atom is -0.342 e. The van der Waals surface area contributed by atoms with Crippen molar-refractivity contribution in [3.63, 3.8) is 0 Å². The van der Waals surface area contributed by atoms with Crippen LogP contribution in [0, 0.1) is 0 Å². The number of amides is 3. The van der Waals surface area contributed by atoms with E-state index in [0.717, 1.165) is 63.2 Å². The Morgan fingerprint density at radius 3 is 2.09 bits per heavy atom. The molecule has 3 aliphatic heterocycles. The molecule has 3 saturated heterocycles. The highest BCUT2D eigenvalue weighted by Gasteiger charge is 2.24. The zero-order chi connectivity index (χ0) is 22.3. The quantitative estimate of drug-likeness (QED) is 0.662. The van der Waals surface area contributed by atoms with Gasteiger partial charge in [-0.25, -0.2) is 0 Å². The number of piperazine rings is 1. The van der Waals surface area contributed by atoms with E-state index in [0.29, 0.717) is 26.1 Å². The minimum atomic E-state index is 0.00212. The van der Waals surface area contributed by atoms with Gasteiger partial charge in [0.05, 0.1) is 6.54 Å². The summed E-state index contributed by atoms with van der Waals surface area (Å²) < 4.78 is 0. The van der Waals surface area contributed by atoms with E-state index in [4.69, 9.17) is 0 Å². The van der Waals surface area contributed by atoms with Gasteiger partial charge in [-0.15, -0.1) is 0 Å². The van der Waals surface area contributed by atoms with Crippen LogP contribution in [-0.2, 0) is 14.4 Å². The largest absolute Gasteiger partial charge is 0.342 e. The predicted molar refractivity (Wildman–Crippen MR) is 125 cm³/mol. The highest BCUT2D eigenvalue weighted by Crippen LogP contribution is 2.22. The molecule has 7 nitrogen and oxygen atoms in total. The van der Waals surface area contributed by atoms with Crippen LogP contribution in [0.15, 0.2) is 30.3 Å². The summed E-state index contributed by atoms with van der Waals surface area (Å²) in [5, 5.41) is 0. The Hall–Kier alpha value is -2.67. The number of rotatable bonds is 5. The number of carbonyl (C=O) groups excluding carboxylic acids is 3.